The molecule has 0 amide bonds. The second-order valence-electron chi connectivity index (χ2n) is 4.09. The number of rotatable bonds is 4. The van der Waals surface area contributed by atoms with Crippen molar-refractivity contribution in [2.45, 2.75) is 25.0 Å². The van der Waals surface area contributed by atoms with Crippen LogP contribution in [0.3, 0.4) is 0 Å². The Bertz CT molecular complexity index is 444. The van der Waals surface area contributed by atoms with Gasteiger partial charge in [0, 0.05) is 5.25 Å². The first-order valence-electron chi connectivity index (χ1n) is 5.35. The quantitative estimate of drug-likeness (QED) is 0.807. The van der Waals surface area contributed by atoms with E-state index in [1.807, 2.05) is 19.1 Å². The molecular weight excluding hydrogens is 240 g/mol. The van der Waals surface area contributed by atoms with E-state index in [0.29, 0.717) is 6.42 Å². The van der Waals surface area contributed by atoms with Crippen molar-refractivity contribution in [1.82, 2.24) is 0 Å². The molecular formula is C12H14O4S. The van der Waals surface area contributed by atoms with E-state index in [4.69, 9.17) is 14.6 Å². The molecule has 0 bridgehead atoms. The van der Waals surface area contributed by atoms with Crippen molar-refractivity contribution in [2.75, 3.05) is 6.79 Å². The van der Waals surface area contributed by atoms with Crippen molar-refractivity contribution in [3.05, 3.63) is 23.3 Å². The molecule has 1 heterocycles. The fourth-order valence-electron chi connectivity index (χ4n) is 1.83. The molecule has 0 saturated carbocycles. The first kappa shape index (κ1) is 12.1. The number of carbonyl (C=O) groups is 1. The number of carboxylic acid groups (broad SMARTS) is 1. The van der Waals surface area contributed by atoms with Gasteiger partial charge in [-0.1, -0.05) is 0 Å². The van der Waals surface area contributed by atoms with Crippen LogP contribution in [0.1, 0.15) is 17.5 Å². The first-order valence-corrected chi connectivity index (χ1v) is 5.87. The molecule has 1 N–H and O–H groups in total. The number of hydrogen-bond acceptors (Lipinski definition) is 4. The first-order chi connectivity index (χ1) is 8.06. The van der Waals surface area contributed by atoms with Crippen LogP contribution in [-0.4, -0.2) is 23.1 Å². The van der Waals surface area contributed by atoms with Gasteiger partial charge >= 0.3 is 5.97 Å². The molecule has 0 saturated heterocycles. The van der Waals surface area contributed by atoms with Gasteiger partial charge in [-0.05, 0) is 36.6 Å². The Labute approximate surface area is 105 Å². The van der Waals surface area contributed by atoms with E-state index in [-0.39, 0.29) is 18.5 Å². The third-order valence-corrected chi connectivity index (χ3v) is 3.06. The Balaban J connectivity index is 2.13. The summed E-state index contributed by atoms with van der Waals surface area (Å²) in [6.07, 6.45) is 0.662. The van der Waals surface area contributed by atoms with Crippen LogP contribution in [0.15, 0.2) is 12.1 Å². The smallest absolute Gasteiger partial charge is 0.304 e. The summed E-state index contributed by atoms with van der Waals surface area (Å²) in [5.74, 6) is 0.644. The van der Waals surface area contributed by atoms with Gasteiger partial charge < -0.3 is 14.6 Å². The van der Waals surface area contributed by atoms with E-state index < -0.39 is 5.97 Å². The summed E-state index contributed by atoms with van der Waals surface area (Å²) in [4.78, 5) is 10.6. The molecule has 2 rings (SSSR count). The normalized spacial score (nSPS) is 14.7. The van der Waals surface area contributed by atoms with Gasteiger partial charge in [-0.3, -0.25) is 4.79 Å². The Hall–Kier alpha value is -1.36. The number of fused-ring (bicyclic) bond motifs is 1. The molecule has 1 aromatic rings. The molecule has 92 valence electrons. The molecule has 1 unspecified atom stereocenters. The van der Waals surface area contributed by atoms with Gasteiger partial charge in [-0.25, -0.2) is 0 Å². The highest BCUT2D eigenvalue weighted by atomic mass is 32.1. The molecule has 1 aliphatic rings. The van der Waals surface area contributed by atoms with E-state index in [1.165, 1.54) is 0 Å². The Morgan fingerprint density at radius 3 is 2.76 bits per heavy atom. The maximum atomic E-state index is 10.6. The topological polar surface area (TPSA) is 55.8 Å². The molecule has 0 radical (unpaired) electrons. The molecule has 1 aromatic carbocycles. The number of benzene rings is 1. The van der Waals surface area contributed by atoms with Gasteiger partial charge in [-0.15, -0.1) is 0 Å². The Kier molecular flexibility index (Phi) is 3.47. The third kappa shape index (κ3) is 2.85. The lowest BCUT2D eigenvalue weighted by atomic mass is 10.0. The molecule has 0 fully saturated rings. The lowest BCUT2D eigenvalue weighted by Crippen LogP contribution is -2.10. The molecule has 0 spiro atoms. The Morgan fingerprint density at radius 1 is 1.47 bits per heavy atom. The summed E-state index contributed by atoms with van der Waals surface area (Å²) in [5, 5.41) is 8.50. The van der Waals surface area contributed by atoms with Gasteiger partial charge in [0.1, 0.15) is 0 Å². The van der Waals surface area contributed by atoms with Crippen molar-refractivity contribution >= 4 is 18.6 Å². The summed E-state index contributed by atoms with van der Waals surface area (Å²) in [6.45, 7) is 2.22. The summed E-state index contributed by atoms with van der Waals surface area (Å²) >= 11 is 4.28. The van der Waals surface area contributed by atoms with Gasteiger partial charge in [-0.2, -0.15) is 12.6 Å². The van der Waals surface area contributed by atoms with Crippen molar-refractivity contribution < 1.29 is 19.4 Å². The van der Waals surface area contributed by atoms with Gasteiger partial charge in [0.15, 0.2) is 11.5 Å². The van der Waals surface area contributed by atoms with Gasteiger partial charge in [0.05, 0.1) is 6.42 Å². The SMILES string of the molecule is Cc1cc2c(cc1CC(S)CC(=O)O)OCO2. The van der Waals surface area contributed by atoms with Crippen LogP contribution < -0.4 is 9.47 Å². The van der Waals surface area contributed by atoms with E-state index in [0.717, 1.165) is 22.6 Å². The van der Waals surface area contributed by atoms with Crippen molar-refractivity contribution in [2.24, 2.45) is 0 Å². The number of ether oxygens (including phenoxy) is 2. The predicted octanol–water partition coefficient (Wildman–Crippen LogP) is 2.04. The van der Waals surface area contributed by atoms with Crippen LogP contribution in [0.5, 0.6) is 11.5 Å². The number of thiol groups is 1. The maximum absolute atomic E-state index is 10.6. The lowest BCUT2D eigenvalue weighted by molar-refractivity contribution is -0.136. The van der Waals surface area contributed by atoms with Crippen LogP contribution in [0.4, 0.5) is 0 Å². The third-order valence-electron chi connectivity index (χ3n) is 2.70. The van der Waals surface area contributed by atoms with E-state index in [9.17, 15) is 4.79 Å². The van der Waals surface area contributed by atoms with Crippen LogP contribution in [-0.2, 0) is 11.2 Å². The second kappa shape index (κ2) is 4.87. The zero-order valence-corrected chi connectivity index (χ0v) is 10.4. The summed E-state index contributed by atoms with van der Waals surface area (Å²) in [7, 11) is 0. The largest absolute Gasteiger partial charge is 0.481 e. The van der Waals surface area contributed by atoms with Gasteiger partial charge in [0.25, 0.3) is 0 Å². The highest BCUT2D eigenvalue weighted by Crippen LogP contribution is 2.35. The minimum Gasteiger partial charge on any atom is -0.481 e. The monoisotopic (exact) mass is 254 g/mol. The van der Waals surface area contributed by atoms with Crippen LogP contribution in [0, 0.1) is 6.92 Å². The van der Waals surface area contributed by atoms with Gasteiger partial charge in [0.2, 0.25) is 6.79 Å². The van der Waals surface area contributed by atoms with Crippen LogP contribution in [0.2, 0.25) is 0 Å². The molecule has 4 nitrogen and oxygen atoms in total. The average molecular weight is 254 g/mol. The number of carboxylic acids is 1. The molecule has 5 heteroatoms. The van der Waals surface area contributed by atoms with Crippen molar-refractivity contribution in [1.29, 1.82) is 0 Å². The lowest BCUT2D eigenvalue weighted by Gasteiger charge is -2.11. The maximum Gasteiger partial charge on any atom is 0.304 e. The zero-order chi connectivity index (χ0) is 12.4. The standard InChI is InChI=1S/C12H14O4S/c1-7-2-10-11(16-6-15-10)4-8(7)3-9(17)5-12(13)14/h2,4,9,17H,3,5-6H2,1H3,(H,13,14). The summed E-state index contributed by atoms with van der Waals surface area (Å²) < 4.78 is 10.6. The van der Waals surface area contributed by atoms with E-state index >= 15 is 0 Å². The molecule has 1 atom stereocenters. The molecule has 0 aromatic heterocycles. The highest BCUT2D eigenvalue weighted by molar-refractivity contribution is 7.81. The number of hydrogen-bond donors (Lipinski definition) is 2. The Morgan fingerprint density at radius 2 is 2.12 bits per heavy atom. The van der Waals surface area contributed by atoms with E-state index in [1.54, 1.807) is 0 Å². The summed E-state index contributed by atoms with van der Waals surface area (Å²) in [5.41, 5.74) is 2.12. The fraction of sp³-hybridized carbons (Fsp3) is 0.417. The second-order valence-corrected chi connectivity index (χ2v) is 4.82. The number of aryl methyl sites for hydroxylation is 1. The minimum absolute atomic E-state index is 0.0526. The number of aliphatic carboxylic acids is 1. The highest BCUT2D eigenvalue weighted by Gasteiger charge is 2.17. The molecule has 0 aliphatic carbocycles. The average Bonchev–Trinajstić information content (AvgIpc) is 2.63. The molecule has 17 heavy (non-hydrogen) atoms. The fourth-order valence-corrected chi connectivity index (χ4v) is 2.19. The van der Waals surface area contributed by atoms with Crippen molar-refractivity contribution in [3.63, 3.8) is 0 Å². The zero-order valence-electron chi connectivity index (χ0n) is 9.47. The minimum atomic E-state index is -0.830. The predicted molar refractivity (Wildman–Crippen MR) is 66.0 cm³/mol. The van der Waals surface area contributed by atoms with Crippen molar-refractivity contribution in [3.8, 4) is 11.5 Å². The van der Waals surface area contributed by atoms with Crippen LogP contribution in [0.25, 0.3) is 0 Å². The van der Waals surface area contributed by atoms with Crippen LogP contribution >= 0.6 is 12.6 Å². The summed E-state index contributed by atoms with van der Waals surface area (Å²) in [6, 6.07) is 3.82. The molecule has 1 aliphatic heterocycles. The van der Waals surface area contributed by atoms with E-state index in [2.05, 4.69) is 12.6 Å².